The zero-order valence-corrected chi connectivity index (χ0v) is 12.8. The minimum atomic E-state index is 0.658. The van der Waals surface area contributed by atoms with E-state index in [2.05, 4.69) is 50.3 Å². The second kappa shape index (κ2) is 9.50. The molecule has 0 saturated heterocycles. The maximum atomic E-state index is 2.48. The number of benzene rings is 1. The van der Waals surface area contributed by atoms with Crippen LogP contribution < -0.4 is 0 Å². The molecule has 1 aromatic carbocycles. The SMILES string of the molecule is CCCC/C=C(\[Se]CCCC)c1ccccc1. The molecule has 0 unspecified atom stereocenters. The molecule has 0 nitrogen and oxygen atoms in total. The number of allylic oxidation sites excluding steroid dienone is 1. The van der Waals surface area contributed by atoms with Gasteiger partial charge in [-0.05, 0) is 0 Å². The first-order valence-electron chi connectivity index (χ1n) is 6.76. The van der Waals surface area contributed by atoms with E-state index in [-0.39, 0.29) is 0 Å². The molecule has 1 heteroatoms. The van der Waals surface area contributed by atoms with Crippen molar-refractivity contribution in [3.63, 3.8) is 0 Å². The summed E-state index contributed by atoms with van der Waals surface area (Å²) in [6.45, 7) is 4.54. The Kier molecular flexibility index (Phi) is 8.13. The fourth-order valence-corrected chi connectivity index (χ4v) is 4.13. The maximum absolute atomic E-state index is 2.48. The van der Waals surface area contributed by atoms with Crippen LogP contribution in [0.15, 0.2) is 36.4 Å². The van der Waals surface area contributed by atoms with Crippen LogP contribution in [-0.2, 0) is 0 Å². The van der Waals surface area contributed by atoms with Gasteiger partial charge in [0.15, 0.2) is 0 Å². The van der Waals surface area contributed by atoms with Crippen LogP contribution in [0.3, 0.4) is 0 Å². The van der Waals surface area contributed by atoms with E-state index in [1.54, 1.807) is 4.47 Å². The van der Waals surface area contributed by atoms with Crippen molar-refractivity contribution >= 4 is 19.4 Å². The van der Waals surface area contributed by atoms with Gasteiger partial charge in [-0.15, -0.1) is 0 Å². The summed E-state index contributed by atoms with van der Waals surface area (Å²) in [5, 5.41) is 1.39. The Hall–Kier alpha value is -0.521. The first kappa shape index (κ1) is 14.5. The van der Waals surface area contributed by atoms with Crippen molar-refractivity contribution in [1.29, 1.82) is 0 Å². The van der Waals surface area contributed by atoms with Gasteiger partial charge in [-0.1, -0.05) is 0 Å². The average molecular weight is 295 g/mol. The zero-order chi connectivity index (χ0) is 12.3. The van der Waals surface area contributed by atoms with Gasteiger partial charge in [0, 0.05) is 0 Å². The van der Waals surface area contributed by atoms with Gasteiger partial charge in [-0.2, -0.15) is 0 Å². The molecule has 1 rings (SSSR count). The van der Waals surface area contributed by atoms with Crippen molar-refractivity contribution in [3.8, 4) is 0 Å². The van der Waals surface area contributed by atoms with Gasteiger partial charge in [0.25, 0.3) is 0 Å². The van der Waals surface area contributed by atoms with E-state index in [9.17, 15) is 0 Å². The molecule has 0 atom stereocenters. The number of rotatable bonds is 8. The molecule has 0 fully saturated rings. The molecule has 0 amide bonds. The Morgan fingerprint density at radius 2 is 1.76 bits per heavy atom. The molecule has 0 saturated carbocycles. The monoisotopic (exact) mass is 296 g/mol. The van der Waals surface area contributed by atoms with Crippen molar-refractivity contribution < 1.29 is 0 Å². The Morgan fingerprint density at radius 3 is 2.41 bits per heavy atom. The first-order chi connectivity index (χ1) is 8.38. The molecule has 1 aromatic rings. The van der Waals surface area contributed by atoms with E-state index < -0.39 is 0 Å². The zero-order valence-electron chi connectivity index (χ0n) is 11.1. The van der Waals surface area contributed by atoms with Crippen molar-refractivity contribution in [2.24, 2.45) is 0 Å². The molecule has 0 aliphatic rings. The van der Waals surface area contributed by atoms with Crippen LogP contribution in [0.4, 0.5) is 0 Å². The predicted octanol–water partition coefficient (Wildman–Crippen LogP) is 5.14. The van der Waals surface area contributed by atoms with E-state index in [1.807, 2.05) is 0 Å². The van der Waals surface area contributed by atoms with Crippen LogP contribution >= 0.6 is 0 Å². The summed E-state index contributed by atoms with van der Waals surface area (Å²) in [5.74, 6) is 0. The Labute approximate surface area is 113 Å². The fourth-order valence-electron chi connectivity index (χ4n) is 1.63. The van der Waals surface area contributed by atoms with Gasteiger partial charge in [-0.25, -0.2) is 0 Å². The molecule has 0 spiro atoms. The van der Waals surface area contributed by atoms with Gasteiger partial charge in [-0.3, -0.25) is 0 Å². The molecule has 0 aliphatic carbocycles. The van der Waals surface area contributed by atoms with Crippen molar-refractivity contribution in [3.05, 3.63) is 42.0 Å². The molecule has 0 aromatic heterocycles. The van der Waals surface area contributed by atoms with Crippen molar-refractivity contribution in [2.75, 3.05) is 0 Å². The summed E-state index contributed by atoms with van der Waals surface area (Å²) in [6.07, 6.45) is 9.03. The summed E-state index contributed by atoms with van der Waals surface area (Å²) in [4.78, 5) is 0. The van der Waals surface area contributed by atoms with E-state index in [4.69, 9.17) is 0 Å². The second-order valence-electron chi connectivity index (χ2n) is 4.28. The Morgan fingerprint density at radius 1 is 1.06 bits per heavy atom. The molecule has 0 radical (unpaired) electrons. The van der Waals surface area contributed by atoms with Crippen LogP contribution in [0.2, 0.25) is 5.32 Å². The van der Waals surface area contributed by atoms with Crippen LogP contribution in [0.25, 0.3) is 4.47 Å². The molecule has 0 N–H and O–H groups in total. The number of hydrogen-bond acceptors (Lipinski definition) is 0. The van der Waals surface area contributed by atoms with Crippen molar-refractivity contribution in [2.45, 2.75) is 51.3 Å². The van der Waals surface area contributed by atoms with Gasteiger partial charge >= 0.3 is 113 Å². The van der Waals surface area contributed by atoms with E-state index in [0.29, 0.717) is 15.0 Å². The quantitative estimate of drug-likeness (QED) is 0.460. The molecule has 0 aliphatic heterocycles. The normalized spacial score (nSPS) is 11.8. The Bertz CT molecular complexity index is 314. The summed E-state index contributed by atoms with van der Waals surface area (Å²) in [6, 6.07) is 10.9. The Balaban J connectivity index is 2.61. The number of unbranched alkanes of at least 4 members (excludes halogenated alkanes) is 3. The van der Waals surface area contributed by atoms with Crippen LogP contribution in [0, 0.1) is 0 Å². The van der Waals surface area contributed by atoms with Gasteiger partial charge < -0.3 is 0 Å². The van der Waals surface area contributed by atoms with E-state index in [0.717, 1.165) is 0 Å². The fraction of sp³-hybridized carbons (Fsp3) is 0.500. The van der Waals surface area contributed by atoms with Gasteiger partial charge in [0.2, 0.25) is 0 Å². The van der Waals surface area contributed by atoms with Crippen molar-refractivity contribution in [1.82, 2.24) is 0 Å². The van der Waals surface area contributed by atoms with Crippen LogP contribution in [0.1, 0.15) is 51.5 Å². The molecule has 0 heterocycles. The number of hydrogen-bond donors (Lipinski definition) is 0. The minimum absolute atomic E-state index is 0.658. The third-order valence-electron chi connectivity index (χ3n) is 2.70. The summed E-state index contributed by atoms with van der Waals surface area (Å²) in [7, 11) is 0. The third-order valence-corrected chi connectivity index (χ3v) is 5.23. The molecule has 94 valence electrons. The van der Waals surface area contributed by atoms with E-state index in [1.165, 1.54) is 43.0 Å². The van der Waals surface area contributed by atoms with Gasteiger partial charge in [0.1, 0.15) is 0 Å². The molecule has 17 heavy (non-hydrogen) atoms. The second-order valence-corrected chi connectivity index (χ2v) is 6.66. The van der Waals surface area contributed by atoms with Gasteiger partial charge in [0.05, 0.1) is 0 Å². The molecule has 0 bridgehead atoms. The summed E-state index contributed by atoms with van der Waals surface area (Å²) < 4.78 is 1.61. The van der Waals surface area contributed by atoms with E-state index >= 15 is 0 Å². The summed E-state index contributed by atoms with van der Waals surface area (Å²) >= 11 is 0.658. The molecular weight excluding hydrogens is 271 g/mol. The van der Waals surface area contributed by atoms with Crippen LogP contribution in [0.5, 0.6) is 0 Å². The first-order valence-corrected chi connectivity index (χ1v) is 8.83. The van der Waals surface area contributed by atoms with Crippen LogP contribution in [-0.4, -0.2) is 15.0 Å². The average Bonchev–Trinajstić information content (AvgIpc) is 2.38. The summed E-state index contributed by atoms with van der Waals surface area (Å²) in [5.41, 5.74) is 1.44. The standard InChI is InChI=1S/C16H24Se/c1-3-5-8-13-16(17-14-6-4-2)15-11-9-7-10-12-15/h7,9-13H,3-6,8,14H2,1-2H3/b16-13-. The topological polar surface area (TPSA) is 0 Å². The third kappa shape index (κ3) is 6.10. The molecular formula is C16H24Se. The predicted molar refractivity (Wildman–Crippen MR) is 79.4 cm³/mol.